The first-order chi connectivity index (χ1) is 11.6. The molecule has 1 aromatic rings. The average molecular weight is 359 g/mol. The number of alkyl halides is 3. The highest BCUT2D eigenvalue weighted by Crippen LogP contribution is 2.28. The lowest BCUT2D eigenvalue weighted by Gasteiger charge is -2.29. The van der Waals surface area contributed by atoms with Gasteiger partial charge in [-0.3, -0.25) is 19.0 Å². The summed E-state index contributed by atoms with van der Waals surface area (Å²) in [4.78, 5) is 35.5. The lowest BCUT2D eigenvalue weighted by atomic mass is 9.86. The molecule has 25 heavy (non-hydrogen) atoms. The summed E-state index contributed by atoms with van der Waals surface area (Å²) in [6.07, 6.45) is -1.19. The molecule has 1 aromatic heterocycles. The first kappa shape index (κ1) is 19.0. The van der Waals surface area contributed by atoms with Gasteiger partial charge in [-0.05, 0) is 30.9 Å². The molecule has 2 rings (SSSR count). The van der Waals surface area contributed by atoms with Gasteiger partial charge in [0.05, 0.1) is 0 Å². The molecule has 3 N–H and O–H groups in total. The number of carbonyl (C=O) groups excluding carboxylic acids is 2. The van der Waals surface area contributed by atoms with E-state index in [1.165, 1.54) is 0 Å². The van der Waals surface area contributed by atoms with E-state index in [0.29, 0.717) is 6.07 Å². The molecule has 0 saturated heterocycles. The molecule has 0 aliphatic heterocycles. The smallest absolute Gasteiger partial charge is 0.365 e. The Morgan fingerprint density at radius 3 is 2.48 bits per heavy atom. The molecule has 1 heterocycles. The van der Waals surface area contributed by atoms with Crippen LogP contribution in [-0.2, 0) is 17.5 Å². The van der Waals surface area contributed by atoms with Crippen molar-refractivity contribution in [1.29, 1.82) is 0 Å². The van der Waals surface area contributed by atoms with Gasteiger partial charge in [-0.2, -0.15) is 13.2 Å². The van der Waals surface area contributed by atoms with Crippen LogP contribution in [0.2, 0.25) is 0 Å². The molecule has 1 fully saturated rings. The summed E-state index contributed by atoms with van der Waals surface area (Å²) < 4.78 is 39.6. The minimum absolute atomic E-state index is 0.134. The van der Waals surface area contributed by atoms with E-state index in [2.05, 4.69) is 5.32 Å². The van der Waals surface area contributed by atoms with Crippen LogP contribution < -0.4 is 16.6 Å². The average Bonchev–Trinajstić information content (AvgIpc) is 2.50. The third-order valence-electron chi connectivity index (χ3n) is 4.49. The minimum atomic E-state index is -4.84. The van der Waals surface area contributed by atoms with E-state index < -0.39 is 41.4 Å². The van der Waals surface area contributed by atoms with Crippen molar-refractivity contribution in [2.24, 2.45) is 11.7 Å². The Morgan fingerprint density at radius 1 is 1.28 bits per heavy atom. The summed E-state index contributed by atoms with van der Waals surface area (Å²) in [5.41, 5.74) is 1.89. The summed E-state index contributed by atoms with van der Waals surface area (Å²) in [5.74, 6) is -1.63. The van der Waals surface area contributed by atoms with E-state index in [4.69, 9.17) is 5.73 Å². The molecule has 0 radical (unpaired) electrons. The fourth-order valence-electron chi connectivity index (χ4n) is 3.10. The summed E-state index contributed by atoms with van der Waals surface area (Å²) in [7, 11) is 0. The largest absolute Gasteiger partial charge is 0.431 e. The van der Waals surface area contributed by atoms with Gasteiger partial charge in [-0.25, -0.2) is 0 Å². The van der Waals surface area contributed by atoms with E-state index in [1.807, 2.05) is 6.92 Å². The van der Waals surface area contributed by atoms with Crippen LogP contribution in [0.25, 0.3) is 0 Å². The van der Waals surface area contributed by atoms with Crippen molar-refractivity contribution in [2.45, 2.75) is 51.4 Å². The monoisotopic (exact) mass is 359 g/mol. The normalized spacial score (nSPS) is 21.0. The Bertz CT molecular complexity index is 728. The van der Waals surface area contributed by atoms with Gasteiger partial charge in [-0.1, -0.05) is 19.8 Å². The quantitative estimate of drug-likeness (QED) is 0.856. The maximum atomic E-state index is 13.1. The molecule has 0 aromatic carbocycles. The van der Waals surface area contributed by atoms with Crippen LogP contribution in [0.4, 0.5) is 13.2 Å². The number of aromatic nitrogens is 1. The lowest BCUT2D eigenvalue weighted by molar-refractivity contribution is -0.144. The molecule has 1 saturated carbocycles. The van der Waals surface area contributed by atoms with Crippen molar-refractivity contribution in [3.05, 3.63) is 33.7 Å². The Labute approximate surface area is 142 Å². The lowest BCUT2D eigenvalue weighted by Crippen LogP contribution is -2.45. The number of halogens is 3. The zero-order valence-electron chi connectivity index (χ0n) is 13.7. The summed E-state index contributed by atoms with van der Waals surface area (Å²) in [6, 6.07) is 1.17. The highest BCUT2D eigenvalue weighted by atomic mass is 19.4. The molecule has 2 amide bonds. The first-order valence-corrected chi connectivity index (χ1v) is 8.01. The second kappa shape index (κ2) is 7.28. The van der Waals surface area contributed by atoms with E-state index in [9.17, 15) is 27.6 Å². The van der Waals surface area contributed by atoms with Crippen LogP contribution in [0.5, 0.6) is 0 Å². The molecule has 1 aliphatic rings. The highest BCUT2D eigenvalue weighted by Gasteiger charge is 2.36. The summed E-state index contributed by atoms with van der Waals surface area (Å²) in [6.45, 7) is 1.14. The van der Waals surface area contributed by atoms with Crippen molar-refractivity contribution in [3.8, 4) is 0 Å². The van der Waals surface area contributed by atoms with Crippen LogP contribution in [-0.4, -0.2) is 22.4 Å². The Balaban J connectivity index is 2.30. The standard InChI is InChI=1S/C16H20F3N3O3/c1-9-4-2-3-5-11(9)21-13(23)8-22-12(16(17,18)19)7-6-10(14(20)24)15(22)25/h6-7,9,11H,2-5,8H2,1H3,(H2,20,24)(H,21,23)/t9-,11+/m0/s1. The zero-order chi connectivity index (χ0) is 18.8. The third kappa shape index (κ3) is 4.40. The fraction of sp³-hybridized carbons (Fsp3) is 0.562. The van der Waals surface area contributed by atoms with Crippen molar-refractivity contribution < 1.29 is 22.8 Å². The van der Waals surface area contributed by atoms with E-state index >= 15 is 0 Å². The highest BCUT2D eigenvalue weighted by molar-refractivity contribution is 5.92. The predicted molar refractivity (Wildman–Crippen MR) is 83.8 cm³/mol. The number of nitrogens with zero attached hydrogens (tertiary/aromatic N) is 1. The first-order valence-electron chi connectivity index (χ1n) is 8.01. The molecule has 9 heteroatoms. The molecule has 6 nitrogen and oxygen atoms in total. The minimum Gasteiger partial charge on any atom is -0.365 e. The number of nitrogens with two attached hydrogens (primary N) is 1. The van der Waals surface area contributed by atoms with Gasteiger partial charge < -0.3 is 11.1 Å². The molecule has 2 atom stereocenters. The van der Waals surface area contributed by atoms with Crippen molar-refractivity contribution in [1.82, 2.24) is 9.88 Å². The molecule has 138 valence electrons. The Morgan fingerprint density at radius 2 is 1.92 bits per heavy atom. The van der Waals surface area contributed by atoms with Crippen LogP contribution in [0.1, 0.15) is 48.7 Å². The van der Waals surface area contributed by atoms with E-state index in [0.717, 1.165) is 31.7 Å². The van der Waals surface area contributed by atoms with Crippen molar-refractivity contribution in [3.63, 3.8) is 0 Å². The van der Waals surface area contributed by atoms with Gasteiger partial charge in [0.1, 0.15) is 17.8 Å². The number of amides is 2. The predicted octanol–water partition coefficient (Wildman–Crippen LogP) is 1.66. The number of carbonyl (C=O) groups is 2. The number of rotatable bonds is 4. The van der Waals surface area contributed by atoms with Crippen LogP contribution in [0.3, 0.4) is 0 Å². The second-order valence-corrected chi connectivity index (χ2v) is 6.32. The van der Waals surface area contributed by atoms with Gasteiger partial charge in [-0.15, -0.1) is 0 Å². The number of hydrogen-bond donors (Lipinski definition) is 2. The summed E-state index contributed by atoms with van der Waals surface area (Å²) in [5, 5.41) is 2.69. The Hall–Kier alpha value is -2.32. The molecular weight excluding hydrogens is 339 g/mol. The van der Waals surface area contributed by atoms with Gasteiger partial charge in [0.2, 0.25) is 5.91 Å². The number of hydrogen-bond acceptors (Lipinski definition) is 3. The van der Waals surface area contributed by atoms with Gasteiger partial charge in [0.15, 0.2) is 0 Å². The Kier molecular flexibility index (Phi) is 5.54. The van der Waals surface area contributed by atoms with Crippen LogP contribution >= 0.6 is 0 Å². The fourth-order valence-corrected chi connectivity index (χ4v) is 3.10. The maximum Gasteiger partial charge on any atom is 0.431 e. The summed E-state index contributed by atoms with van der Waals surface area (Å²) >= 11 is 0. The third-order valence-corrected chi connectivity index (χ3v) is 4.49. The van der Waals surface area contributed by atoms with Gasteiger partial charge in [0, 0.05) is 6.04 Å². The van der Waals surface area contributed by atoms with Gasteiger partial charge in [0.25, 0.3) is 11.5 Å². The number of primary amides is 1. The van der Waals surface area contributed by atoms with Crippen molar-refractivity contribution in [2.75, 3.05) is 0 Å². The molecule has 0 unspecified atom stereocenters. The number of nitrogens with one attached hydrogen (secondary N) is 1. The maximum absolute atomic E-state index is 13.1. The van der Waals surface area contributed by atoms with Crippen LogP contribution in [0, 0.1) is 5.92 Å². The second-order valence-electron chi connectivity index (χ2n) is 6.32. The molecule has 0 bridgehead atoms. The SMILES string of the molecule is C[C@H]1CCCC[C@H]1NC(=O)Cn1c(C(F)(F)F)ccc(C(N)=O)c1=O. The molecular formula is C16H20F3N3O3. The number of pyridine rings is 1. The zero-order valence-corrected chi connectivity index (χ0v) is 13.7. The topological polar surface area (TPSA) is 94.2 Å². The van der Waals surface area contributed by atoms with Crippen molar-refractivity contribution >= 4 is 11.8 Å². The van der Waals surface area contributed by atoms with Gasteiger partial charge >= 0.3 is 6.18 Å². The van der Waals surface area contributed by atoms with E-state index in [-0.39, 0.29) is 16.5 Å². The molecule has 1 aliphatic carbocycles. The van der Waals surface area contributed by atoms with Crippen LogP contribution in [0.15, 0.2) is 16.9 Å². The molecule has 0 spiro atoms. The van der Waals surface area contributed by atoms with E-state index in [1.54, 1.807) is 0 Å².